The Kier molecular flexibility index (Phi) is 5.32. The first-order valence-corrected chi connectivity index (χ1v) is 11.4. The average molecular weight is 421 g/mol. The number of benzene rings is 1. The molecule has 1 aromatic heterocycles. The number of urea groups is 1. The van der Waals surface area contributed by atoms with Crippen LogP contribution in [0.1, 0.15) is 31.2 Å². The van der Waals surface area contributed by atoms with Gasteiger partial charge < -0.3 is 20.9 Å². The van der Waals surface area contributed by atoms with Crippen LogP contribution in [-0.2, 0) is 5.54 Å². The van der Waals surface area contributed by atoms with Gasteiger partial charge in [-0.2, -0.15) is 0 Å². The van der Waals surface area contributed by atoms with Gasteiger partial charge in [-0.05, 0) is 50.4 Å². The zero-order valence-corrected chi connectivity index (χ0v) is 18.2. The van der Waals surface area contributed by atoms with Crippen LogP contribution in [0.5, 0.6) is 0 Å². The fraction of sp³-hybridized carbons (Fsp3) is 0.500. The summed E-state index contributed by atoms with van der Waals surface area (Å²) in [6.07, 6.45) is 5.76. The predicted octanol–water partition coefficient (Wildman–Crippen LogP) is 2.45. The number of pyridine rings is 1. The van der Waals surface area contributed by atoms with Crippen LogP contribution >= 0.6 is 0 Å². The second kappa shape index (κ2) is 8.13. The van der Waals surface area contributed by atoms with Crippen molar-refractivity contribution in [1.82, 2.24) is 20.9 Å². The molecule has 2 saturated heterocycles. The lowest BCUT2D eigenvalue weighted by Gasteiger charge is -2.45. The average Bonchev–Trinajstić information content (AvgIpc) is 3.17. The molecule has 3 fully saturated rings. The SMILES string of the molecule is CNC1(c2ccccc2)CCC2(CC1)CN(c1ccc(N3CCNCC3)nc1)C(=O)N2. The number of carbonyl (C=O) groups excluding carboxylic acids is 1. The number of rotatable bonds is 4. The fourth-order valence-electron chi connectivity index (χ4n) is 5.41. The molecule has 0 radical (unpaired) electrons. The molecule has 2 amide bonds. The van der Waals surface area contributed by atoms with Gasteiger partial charge in [0.05, 0.1) is 24.0 Å². The first-order chi connectivity index (χ1) is 15.1. The van der Waals surface area contributed by atoms with Crippen molar-refractivity contribution in [1.29, 1.82) is 0 Å². The third-order valence-corrected chi connectivity index (χ3v) is 7.43. The number of anilines is 2. The smallest absolute Gasteiger partial charge is 0.322 e. The van der Waals surface area contributed by atoms with E-state index in [0.29, 0.717) is 6.54 Å². The first-order valence-electron chi connectivity index (χ1n) is 11.4. The van der Waals surface area contributed by atoms with Gasteiger partial charge in [0.1, 0.15) is 5.82 Å². The monoisotopic (exact) mass is 420 g/mol. The highest BCUT2D eigenvalue weighted by Gasteiger charge is 2.49. The fourth-order valence-corrected chi connectivity index (χ4v) is 5.41. The topological polar surface area (TPSA) is 72.5 Å². The third kappa shape index (κ3) is 3.77. The number of hydrogen-bond donors (Lipinski definition) is 3. The van der Waals surface area contributed by atoms with E-state index in [0.717, 1.165) is 63.4 Å². The lowest BCUT2D eigenvalue weighted by molar-refractivity contribution is 0.167. The van der Waals surface area contributed by atoms with E-state index < -0.39 is 0 Å². The maximum absolute atomic E-state index is 12.9. The van der Waals surface area contributed by atoms with Crippen molar-refractivity contribution >= 4 is 17.5 Å². The Hall–Kier alpha value is -2.64. The van der Waals surface area contributed by atoms with Crippen LogP contribution < -0.4 is 25.8 Å². The second-order valence-corrected chi connectivity index (χ2v) is 9.11. The van der Waals surface area contributed by atoms with Crippen LogP contribution in [0.2, 0.25) is 0 Å². The van der Waals surface area contributed by atoms with Crippen LogP contribution in [0.15, 0.2) is 48.7 Å². The van der Waals surface area contributed by atoms with E-state index in [1.807, 2.05) is 23.2 Å². The third-order valence-electron chi connectivity index (χ3n) is 7.43. The molecule has 5 rings (SSSR count). The standard InChI is InChI=1S/C24H32N6O/c1-25-24(19-5-3-2-4-6-19)11-9-23(10-12-24)18-30(22(31)28-23)20-7-8-21(27-17-20)29-15-13-26-14-16-29/h2-8,17,25-26H,9-16,18H2,1H3,(H,28,31). The van der Waals surface area contributed by atoms with E-state index in [4.69, 9.17) is 0 Å². The summed E-state index contributed by atoms with van der Waals surface area (Å²) < 4.78 is 0. The maximum atomic E-state index is 12.9. The van der Waals surface area contributed by atoms with Gasteiger partial charge in [-0.3, -0.25) is 4.90 Å². The highest BCUT2D eigenvalue weighted by Crippen LogP contribution is 2.43. The zero-order chi connectivity index (χ0) is 21.3. The molecular weight excluding hydrogens is 388 g/mol. The maximum Gasteiger partial charge on any atom is 0.322 e. The molecule has 1 aromatic carbocycles. The number of piperazine rings is 1. The van der Waals surface area contributed by atoms with Gasteiger partial charge >= 0.3 is 6.03 Å². The Morgan fingerprint density at radius 1 is 1.00 bits per heavy atom. The summed E-state index contributed by atoms with van der Waals surface area (Å²) in [6.45, 7) is 4.60. The van der Waals surface area contributed by atoms with E-state index in [9.17, 15) is 4.79 Å². The Morgan fingerprint density at radius 2 is 1.74 bits per heavy atom. The zero-order valence-electron chi connectivity index (χ0n) is 18.2. The Balaban J connectivity index is 1.28. The Bertz CT molecular complexity index is 901. The number of aromatic nitrogens is 1. The molecule has 31 heavy (non-hydrogen) atoms. The number of hydrogen-bond acceptors (Lipinski definition) is 5. The minimum absolute atomic E-state index is 0.00612. The van der Waals surface area contributed by atoms with E-state index in [2.05, 4.69) is 63.2 Å². The molecule has 0 unspecified atom stereocenters. The number of nitrogens with one attached hydrogen (secondary N) is 3. The molecule has 1 aliphatic carbocycles. The molecule has 1 spiro atoms. The van der Waals surface area contributed by atoms with Crippen molar-refractivity contribution in [3.8, 4) is 0 Å². The summed E-state index contributed by atoms with van der Waals surface area (Å²) in [6, 6.07) is 14.8. The molecule has 0 atom stereocenters. The van der Waals surface area contributed by atoms with Gasteiger partial charge in [-0.1, -0.05) is 30.3 Å². The van der Waals surface area contributed by atoms with E-state index in [1.165, 1.54) is 5.56 Å². The summed E-state index contributed by atoms with van der Waals surface area (Å²) >= 11 is 0. The molecule has 2 aliphatic heterocycles. The van der Waals surface area contributed by atoms with Crippen molar-refractivity contribution in [2.75, 3.05) is 49.6 Å². The quantitative estimate of drug-likeness (QED) is 0.709. The van der Waals surface area contributed by atoms with Gasteiger partial charge in [0.25, 0.3) is 0 Å². The Morgan fingerprint density at radius 3 is 2.39 bits per heavy atom. The predicted molar refractivity (Wildman–Crippen MR) is 124 cm³/mol. The summed E-state index contributed by atoms with van der Waals surface area (Å²) in [5, 5.41) is 10.3. The molecule has 0 bridgehead atoms. The Labute approximate surface area is 184 Å². The molecule has 7 heteroatoms. The van der Waals surface area contributed by atoms with E-state index in [-0.39, 0.29) is 17.1 Å². The summed E-state index contributed by atoms with van der Waals surface area (Å²) in [5.74, 6) is 0.985. The molecule has 3 N–H and O–H groups in total. The van der Waals surface area contributed by atoms with Gasteiger partial charge in [0.2, 0.25) is 0 Å². The van der Waals surface area contributed by atoms with Crippen molar-refractivity contribution in [2.45, 2.75) is 36.8 Å². The highest BCUT2D eigenvalue weighted by atomic mass is 16.2. The largest absolute Gasteiger partial charge is 0.354 e. The highest BCUT2D eigenvalue weighted by molar-refractivity contribution is 5.95. The molecule has 2 aromatic rings. The van der Waals surface area contributed by atoms with Crippen molar-refractivity contribution < 1.29 is 4.79 Å². The summed E-state index contributed by atoms with van der Waals surface area (Å²) in [5.41, 5.74) is 2.03. The van der Waals surface area contributed by atoms with Crippen LogP contribution in [-0.4, -0.2) is 56.3 Å². The molecule has 164 valence electrons. The van der Waals surface area contributed by atoms with Crippen LogP contribution in [0.25, 0.3) is 0 Å². The van der Waals surface area contributed by atoms with Crippen molar-refractivity contribution in [3.05, 3.63) is 54.2 Å². The number of amides is 2. The van der Waals surface area contributed by atoms with Gasteiger partial charge in [0.15, 0.2) is 0 Å². The van der Waals surface area contributed by atoms with Crippen LogP contribution in [0.4, 0.5) is 16.3 Å². The lowest BCUT2D eigenvalue weighted by atomic mass is 9.69. The minimum Gasteiger partial charge on any atom is -0.354 e. The number of carbonyl (C=O) groups is 1. The van der Waals surface area contributed by atoms with E-state index >= 15 is 0 Å². The normalized spacial score (nSPS) is 28.7. The molecule has 1 saturated carbocycles. The molecule has 7 nitrogen and oxygen atoms in total. The van der Waals surface area contributed by atoms with Crippen LogP contribution in [0.3, 0.4) is 0 Å². The van der Waals surface area contributed by atoms with Gasteiger partial charge in [0, 0.05) is 31.7 Å². The lowest BCUT2D eigenvalue weighted by Crippen LogP contribution is -2.53. The van der Waals surface area contributed by atoms with Crippen molar-refractivity contribution in [2.24, 2.45) is 0 Å². The van der Waals surface area contributed by atoms with E-state index in [1.54, 1.807) is 0 Å². The summed E-state index contributed by atoms with van der Waals surface area (Å²) in [4.78, 5) is 21.7. The minimum atomic E-state index is -0.163. The van der Waals surface area contributed by atoms with Gasteiger partial charge in [-0.25, -0.2) is 9.78 Å². The molecule has 3 heterocycles. The molecule has 3 aliphatic rings. The van der Waals surface area contributed by atoms with Crippen molar-refractivity contribution in [3.63, 3.8) is 0 Å². The molecular formula is C24H32N6O. The van der Waals surface area contributed by atoms with Crippen LogP contribution in [0, 0.1) is 0 Å². The van der Waals surface area contributed by atoms with Gasteiger partial charge in [-0.15, -0.1) is 0 Å². The first kappa shape index (κ1) is 20.3. The second-order valence-electron chi connectivity index (χ2n) is 9.11. The number of nitrogens with zero attached hydrogens (tertiary/aromatic N) is 3. The summed E-state index contributed by atoms with van der Waals surface area (Å²) in [7, 11) is 2.05.